The van der Waals surface area contributed by atoms with Crippen molar-refractivity contribution in [1.29, 1.82) is 0 Å². The molecule has 2 fully saturated rings. The molecule has 1 atom stereocenters. The molecular weight excluding hydrogens is 427 g/mol. The van der Waals surface area contributed by atoms with E-state index in [1.165, 1.54) is 17.8 Å². The van der Waals surface area contributed by atoms with Gasteiger partial charge in [0.15, 0.2) is 0 Å². The maximum atomic E-state index is 13.6. The molecule has 5 nitrogen and oxygen atoms in total. The van der Waals surface area contributed by atoms with Gasteiger partial charge in [0, 0.05) is 42.2 Å². The first kappa shape index (κ1) is 23.8. The summed E-state index contributed by atoms with van der Waals surface area (Å²) in [5, 5.41) is 2.70. The number of anilines is 1. The SMILES string of the molecule is CCC(C)Sc1ccc(NC(=O)C2CCN(C(=O)N3CCCC3)CC2)c(C(F)(F)F)c1. The summed E-state index contributed by atoms with van der Waals surface area (Å²) in [4.78, 5) is 29.3. The van der Waals surface area contributed by atoms with E-state index in [0.29, 0.717) is 30.8 Å². The first-order valence-corrected chi connectivity index (χ1v) is 11.8. The molecule has 0 aromatic heterocycles. The third-order valence-electron chi connectivity index (χ3n) is 5.98. The Morgan fingerprint density at radius 2 is 1.74 bits per heavy atom. The molecule has 172 valence electrons. The Kier molecular flexibility index (Phi) is 7.78. The van der Waals surface area contributed by atoms with Gasteiger partial charge in [-0.15, -0.1) is 11.8 Å². The summed E-state index contributed by atoms with van der Waals surface area (Å²) in [6, 6.07) is 4.09. The molecule has 1 N–H and O–H groups in total. The van der Waals surface area contributed by atoms with Gasteiger partial charge in [0.1, 0.15) is 0 Å². The normalized spacial score (nSPS) is 18.9. The molecule has 0 spiro atoms. The monoisotopic (exact) mass is 457 g/mol. The molecule has 31 heavy (non-hydrogen) atoms. The van der Waals surface area contributed by atoms with E-state index in [9.17, 15) is 22.8 Å². The van der Waals surface area contributed by atoms with Crippen LogP contribution in [0.15, 0.2) is 23.1 Å². The molecule has 3 rings (SSSR count). The van der Waals surface area contributed by atoms with Crippen LogP contribution in [0.1, 0.15) is 51.5 Å². The molecule has 1 aromatic carbocycles. The Labute approximate surface area is 185 Å². The largest absolute Gasteiger partial charge is 0.418 e. The van der Waals surface area contributed by atoms with Gasteiger partial charge in [-0.25, -0.2) is 4.79 Å². The van der Waals surface area contributed by atoms with Crippen molar-refractivity contribution in [3.63, 3.8) is 0 Å². The van der Waals surface area contributed by atoms with Crippen LogP contribution >= 0.6 is 11.8 Å². The summed E-state index contributed by atoms with van der Waals surface area (Å²) in [5.41, 5.74) is -1.03. The van der Waals surface area contributed by atoms with Crippen LogP contribution in [0.2, 0.25) is 0 Å². The van der Waals surface area contributed by atoms with E-state index >= 15 is 0 Å². The number of benzene rings is 1. The predicted octanol–water partition coefficient (Wildman–Crippen LogP) is 5.46. The van der Waals surface area contributed by atoms with Gasteiger partial charge in [-0.1, -0.05) is 13.8 Å². The second kappa shape index (κ2) is 10.1. The molecule has 0 saturated carbocycles. The fraction of sp³-hybridized carbons (Fsp3) is 0.636. The van der Waals surface area contributed by atoms with Crippen LogP contribution in [0, 0.1) is 5.92 Å². The van der Waals surface area contributed by atoms with Gasteiger partial charge in [0.25, 0.3) is 0 Å². The quantitative estimate of drug-likeness (QED) is 0.597. The van der Waals surface area contributed by atoms with Crippen LogP contribution in [0.4, 0.5) is 23.7 Å². The van der Waals surface area contributed by atoms with E-state index in [4.69, 9.17) is 0 Å². The Hall–Kier alpha value is -1.90. The lowest BCUT2D eigenvalue weighted by Gasteiger charge is -2.34. The lowest BCUT2D eigenvalue weighted by molar-refractivity contribution is -0.137. The molecule has 1 aromatic rings. The maximum Gasteiger partial charge on any atom is 0.418 e. The molecule has 2 saturated heterocycles. The van der Waals surface area contributed by atoms with E-state index in [-0.39, 0.29) is 17.0 Å². The summed E-state index contributed by atoms with van der Waals surface area (Å²) in [7, 11) is 0. The number of urea groups is 1. The second-order valence-electron chi connectivity index (χ2n) is 8.27. The first-order chi connectivity index (χ1) is 14.7. The summed E-state index contributed by atoms with van der Waals surface area (Å²) in [6.07, 6.45) is -0.769. The van der Waals surface area contributed by atoms with E-state index in [1.807, 2.05) is 18.7 Å². The minimum atomic E-state index is -4.56. The Morgan fingerprint density at radius 3 is 2.32 bits per heavy atom. The fourth-order valence-corrected chi connectivity index (χ4v) is 4.90. The van der Waals surface area contributed by atoms with Crippen LogP contribution < -0.4 is 5.32 Å². The lowest BCUT2D eigenvalue weighted by Crippen LogP contribution is -2.47. The second-order valence-corrected chi connectivity index (χ2v) is 9.78. The molecule has 3 amide bonds. The van der Waals surface area contributed by atoms with Gasteiger partial charge in [-0.3, -0.25) is 4.79 Å². The molecule has 0 bridgehead atoms. The number of hydrogen-bond acceptors (Lipinski definition) is 3. The zero-order chi connectivity index (χ0) is 22.6. The number of hydrogen-bond donors (Lipinski definition) is 1. The molecule has 9 heteroatoms. The van der Waals surface area contributed by atoms with Gasteiger partial charge in [0.2, 0.25) is 5.91 Å². The zero-order valence-electron chi connectivity index (χ0n) is 18.0. The number of amides is 3. The molecule has 1 unspecified atom stereocenters. The first-order valence-electron chi connectivity index (χ1n) is 10.9. The summed E-state index contributed by atoms with van der Waals surface area (Å²) in [6.45, 7) is 6.39. The van der Waals surface area contributed by atoms with Crippen LogP contribution in [0.25, 0.3) is 0 Å². The van der Waals surface area contributed by atoms with Crippen molar-refractivity contribution in [3.05, 3.63) is 23.8 Å². The van der Waals surface area contributed by atoms with Crippen molar-refractivity contribution in [2.45, 2.75) is 62.3 Å². The van der Waals surface area contributed by atoms with Gasteiger partial charge in [-0.2, -0.15) is 13.2 Å². The van der Waals surface area contributed by atoms with E-state index in [1.54, 1.807) is 11.0 Å². The lowest BCUT2D eigenvalue weighted by atomic mass is 9.95. The van der Waals surface area contributed by atoms with Crippen molar-refractivity contribution in [2.75, 3.05) is 31.5 Å². The minimum Gasteiger partial charge on any atom is -0.325 e. The van der Waals surface area contributed by atoms with E-state index in [0.717, 1.165) is 38.4 Å². The zero-order valence-corrected chi connectivity index (χ0v) is 18.8. The molecule has 0 radical (unpaired) electrons. The Morgan fingerprint density at radius 1 is 1.13 bits per heavy atom. The van der Waals surface area contributed by atoms with Crippen molar-refractivity contribution in [3.8, 4) is 0 Å². The van der Waals surface area contributed by atoms with Crippen LogP contribution in [-0.2, 0) is 11.0 Å². The smallest absolute Gasteiger partial charge is 0.325 e. The van der Waals surface area contributed by atoms with E-state index < -0.39 is 23.6 Å². The summed E-state index contributed by atoms with van der Waals surface area (Å²) >= 11 is 1.39. The van der Waals surface area contributed by atoms with Crippen LogP contribution in [-0.4, -0.2) is 53.2 Å². The number of nitrogens with one attached hydrogen (secondary N) is 1. The number of rotatable bonds is 5. The number of halogens is 3. The highest BCUT2D eigenvalue weighted by atomic mass is 32.2. The van der Waals surface area contributed by atoms with Gasteiger partial charge in [0.05, 0.1) is 11.3 Å². The highest BCUT2D eigenvalue weighted by Crippen LogP contribution is 2.38. The molecule has 2 heterocycles. The molecule has 2 aliphatic rings. The number of thioether (sulfide) groups is 1. The predicted molar refractivity (Wildman–Crippen MR) is 116 cm³/mol. The fourth-order valence-electron chi connectivity index (χ4n) is 3.93. The number of carbonyl (C=O) groups is 2. The standard InChI is InChI=1S/C22H30F3N3O2S/c1-3-15(2)31-17-6-7-19(18(14-17)22(23,24)25)26-20(29)16-8-12-28(13-9-16)21(30)27-10-4-5-11-27/h6-7,14-16H,3-5,8-13H2,1-2H3,(H,26,29). The van der Waals surface area contributed by atoms with E-state index in [2.05, 4.69) is 5.32 Å². The highest BCUT2D eigenvalue weighted by molar-refractivity contribution is 7.99. The van der Waals surface area contributed by atoms with Crippen molar-refractivity contribution in [1.82, 2.24) is 9.80 Å². The maximum absolute atomic E-state index is 13.6. The molecule has 2 aliphatic heterocycles. The van der Waals surface area contributed by atoms with Crippen molar-refractivity contribution < 1.29 is 22.8 Å². The van der Waals surface area contributed by atoms with Crippen LogP contribution in [0.3, 0.4) is 0 Å². The van der Waals surface area contributed by atoms with Crippen LogP contribution in [0.5, 0.6) is 0 Å². The summed E-state index contributed by atoms with van der Waals surface area (Å²) in [5.74, 6) is -0.820. The van der Waals surface area contributed by atoms with Gasteiger partial charge >= 0.3 is 12.2 Å². The number of piperidine rings is 1. The third-order valence-corrected chi connectivity index (χ3v) is 7.24. The van der Waals surface area contributed by atoms with Crippen molar-refractivity contribution >= 4 is 29.4 Å². The third kappa shape index (κ3) is 6.08. The Balaban J connectivity index is 1.62. The Bertz CT molecular complexity index is 789. The van der Waals surface area contributed by atoms with Gasteiger partial charge < -0.3 is 15.1 Å². The average Bonchev–Trinajstić information content (AvgIpc) is 3.28. The molecule has 0 aliphatic carbocycles. The summed E-state index contributed by atoms with van der Waals surface area (Å²) < 4.78 is 40.9. The highest BCUT2D eigenvalue weighted by Gasteiger charge is 2.36. The topological polar surface area (TPSA) is 52.7 Å². The number of carbonyl (C=O) groups excluding carboxylic acids is 2. The number of likely N-dealkylation sites (tertiary alicyclic amines) is 2. The van der Waals surface area contributed by atoms with Crippen molar-refractivity contribution in [2.24, 2.45) is 5.92 Å². The van der Waals surface area contributed by atoms with Gasteiger partial charge in [-0.05, 0) is 50.3 Å². The molecular formula is C22H30F3N3O2S. The average molecular weight is 458 g/mol. The minimum absolute atomic E-state index is 0.00473. The number of alkyl halides is 3. The number of nitrogens with zero attached hydrogens (tertiary/aromatic N) is 2.